The Hall–Kier alpha value is -1.27. The van der Waals surface area contributed by atoms with Crippen LogP contribution < -0.4 is 5.73 Å². The predicted molar refractivity (Wildman–Crippen MR) is 48.2 cm³/mol. The third-order valence-electron chi connectivity index (χ3n) is 1.83. The van der Waals surface area contributed by atoms with Crippen molar-refractivity contribution in [2.45, 2.75) is 18.9 Å². The van der Waals surface area contributed by atoms with Crippen LogP contribution in [0.2, 0.25) is 0 Å². The summed E-state index contributed by atoms with van der Waals surface area (Å²) in [6.07, 6.45) is 10.2. The van der Waals surface area contributed by atoms with E-state index in [0.717, 1.165) is 12.1 Å². The van der Waals surface area contributed by atoms with Crippen LogP contribution in [-0.2, 0) is 7.05 Å². The van der Waals surface area contributed by atoms with Gasteiger partial charge in [-0.05, 0) is 6.42 Å². The van der Waals surface area contributed by atoms with E-state index < -0.39 is 0 Å². The molecule has 2 N–H and O–H groups in total. The summed E-state index contributed by atoms with van der Waals surface area (Å²) in [6.45, 7) is 0. The number of hydrogen-bond donors (Lipinski definition) is 1. The van der Waals surface area contributed by atoms with Crippen molar-refractivity contribution >= 4 is 0 Å². The molecule has 0 spiro atoms. The van der Waals surface area contributed by atoms with Crippen molar-refractivity contribution in [2.24, 2.45) is 12.8 Å². The molecule has 0 saturated heterocycles. The quantitative estimate of drug-likeness (QED) is 0.671. The van der Waals surface area contributed by atoms with Gasteiger partial charge >= 0.3 is 0 Å². The summed E-state index contributed by atoms with van der Waals surface area (Å²) < 4.78 is 1.92. The number of terminal acetylenes is 1. The zero-order chi connectivity index (χ0) is 8.97. The molecule has 1 aromatic heterocycles. The van der Waals surface area contributed by atoms with Crippen LogP contribution in [0.1, 0.15) is 24.6 Å². The summed E-state index contributed by atoms with van der Waals surface area (Å²) in [6, 6.07) is 0.00792. The lowest BCUT2D eigenvalue weighted by molar-refractivity contribution is 0.618. The first-order valence-electron chi connectivity index (χ1n) is 3.91. The molecule has 0 saturated carbocycles. The van der Waals surface area contributed by atoms with Gasteiger partial charge in [0.05, 0.1) is 12.0 Å². The van der Waals surface area contributed by atoms with Gasteiger partial charge in [-0.1, -0.05) is 0 Å². The molecule has 0 aliphatic rings. The Bertz CT molecular complexity index is 282. The maximum atomic E-state index is 5.87. The highest BCUT2D eigenvalue weighted by Crippen LogP contribution is 2.13. The molecule has 0 amide bonds. The van der Waals surface area contributed by atoms with Crippen molar-refractivity contribution in [3.63, 3.8) is 0 Å². The maximum absolute atomic E-state index is 5.87. The molecule has 0 aliphatic carbocycles. The van der Waals surface area contributed by atoms with Gasteiger partial charge in [0, 0.05) is 25.7 Å². The van der Waals surface area contributed by atoms with Crippen molar-refractivity contribution in [1.82, 2.24) is 9.55 Å². The van der Waals surface area contributed by atoms with Gasteiger partial charge in [-0.2, -0.15) is 0 Å². The molecule has 1 aromatic rings. The summed E-state index contributed by atoms with van der Waals surface area (Å²) in [7, 11) is 1.93. The van der Waals surface area contributed by atoms with Crippen LogP contribution in [0.15, 0.2) is 12.5 Å². The van der Waals surface area contributed by atoms with Crippen molar-refractivity contribution < 1.29 is 0 Å². The van der Waals surface area contributed by atoms with Crippen LogP contribution >= 0.6 is 0 Å². The predicted octanol–water partition coefficient (Wildman–Crippen LogP) is 0.833. The first-order chi connectivity index (χ1) is 5.75. The number of hydrogen-bond acceptors (Lipinski definition) is 2. The maximum Gasteiger partial charge on any atom is 0.0946 e. The summed E-state index contributed by atoms with van der Waals surface area (Å²) in [5, 5.41) is 0. The summed E-state index contributed by atoms with van der Waals surface area (Å²) in [5.74, 6) is 2.57. The average Bonchev–Trinajstić information content (AvgIpc) is 2.47. The van der Waals surface area contributed by atoms with Gasteiger partial charge in [-0.3, -0.25) is 0 Å². The van der Waals surface area contributed by atoms with Crippen LogP contribution in [0.25, 0.3) is 0 Å². The Morgan fingerprint density at radius 2 is 2.58 bits per heavy atom. The SMILES string of the molecule is C#CCCC(N)c1cncn1C. The highest BCUT2D eigenvalue weighted by atomic mass is 15.0. The van der Waals surface area contributed by atoms with E-state index in [4.69, 9.17) is 12.2 Å². The monoisotopic (exact) mass is 163 g/mol. The zero-order valence-corrected chi connectivity index (χ0v) is 7.20. The molecular formula is C9H13N3. The molecule has 1 unspecified atom stereocenters. The van der Waals surface area contributed by atoms with Crippen LogP contribution in [-0.4, -0.2) is 9.55 Å². The fourth-order valence-electron chi connectivity index (χ4n) is 1.11. The van der Waals surface area contributed by atoms with Crippen molar-refractivity contribution in [1.29, 1.82) is 0 Å². The van der Waals surface area contributed by atoms with Crippen molar-refractivity contribution in [3.8, 4) is 12.3 Å². The second kappa shape index (κ2) is 3.93. The largest absolute Gasteiger partial charge is 0.336 e. The molecule has 0 aliphatic heterocycles. The first kappa shape index (κ1) is 8.82. The molecule has 3 nitrogen and oxygen atoms in total. The number of nitrogens with zero attached hydrogens (tertiary/aromatic N) is 2. The number of nitrogens with two attached hydrogens (primary N) is 1. The Morgan fingerprint density at radius 1 is 1.83 bits per heavy atom. The fraction of sp³-hybridized carbons (Fsp3) is 0.444. The molecular weight excluding hydrogens is 150 g/mol. The highest BCUT2D eigenvalue weighted by Gasteiger charge is 2.07. The summed E-state index contributed by atoms with van der Waals surface area (Å²) in [4.78, 5) is 3.98. The Morgan fingerprint density at radius 3 is 3.08 bits per heavy atom. The van der Waals surface area contributed by atoms with E-state index in [0.29, 0.717) is 6.42 Å². The molecule has 1 atom stereocenters. The second-order valence-corrected chi connectivity index (χ2v) is 2.78. The van der Waals surface area contributed by atoms with Crippen LogP contribution in [0.3, 0.4) is 0 Å². The molecule has 0 fully saturated rings. The standard InChI is InChI=1S/C9H13N3/c1-3-4-5-8(10)9-6-11-7-12(9)2/h1,6-8H,4-5,10H2,2H3. The molecule has 0 bridgehead atoms. The lowest BCUT2D eigenvalue weighted by Crippen LogP contribution is -2.13. The lowest BCUT2D eigenvalue weighted by atomic mass is 10.1. The Labute approximate surface area is 72.6 Å². The van der Waals surface area contributed by atoms with E-state index in [9.17, 15) is 0 Å². The molecule has 1 rings (SSSR count). The van der Waals surface area contributed by atoms with Gasteiger partial charge in [-0.25, -0.2) is 4.98 Å². The van der Waals surface area contributed by atoms with Gasteiger partial charge in [0.2, 0.25) is 0 Å². The number of imidazole rings is 1. The number of rotatable bonds is 3. The molecule has 0 radical (unpaired) electrons. The number of aromatic nitrogens is 2. The van der Waals surface area contributed by atoms with Crippen LogP contribution in [0.5, 0.6) is 0 Å². The Kier molecular flexibility index (Phi) is 2.89. The van der Waals surface area contributed by atoms with E-state index >= 15 is 0 Å². The van der Waals surface area contributed by atoms with Gasteiger partial charge in [0.15, 0.2) is 0 Å². The van der Waals surface area contributed by atoms with Gasteiger partial charge < -0.3 is 10.3 Å². The van der Waals surface area contributed by atoms with E-state index in [1.807, 2.05) is 11.6 Å². The minimum absolute atomic E-state index is 0.00792. The molecule has 3 heteroatoms. The smallest absolute Gasteiger partial charge is 0.0946 e. The molecule has 0 aromatic carbocycles. The Balaban J connectivity index is 2.60. The third kappa shape index (κ3) is 1.86. The zero-order valence-electron chi connectivity index (χ0n) is 7.20. The topological polar surface area (TPSA) is 43.8 Å². The molecule has 12 heavy (non-hydrogen) atoms. The van der Waals surface area contributed by atoms with E-state index in [2.05, 4.69) is 10.9 Å². The van der Waals surface area contributed by atoms with Crippen LogP contribution in [0.4, 0.5) is 0 Å². The molecule has 1 heterocycles. The first-order valence-corrected chi connectivity index (χ1v) is 3.91. The van der Waals surface area contributed by atoms with Crippen molar-refractivity contribution in [3.05, 3.63) is 18.2 Å². The third-order valence-corrected chi connectivity index (χ3v) is 1.83. The average molecular weight is 163 g/mol. The minimum Gasteiger partial charge on any atom is -0.336 e. The van der Waals surface area contributed by atoms with Gasteiger partial charge in [-0.15, -0.1) is 12.3 Å². The number of aryl methyl sites for hydroxylation is 1. The van der Waals surface area contributed by atoms with E-state index in [1.54, 1.807) is 12.5 Å². The van der Waals surface area contributed by atoms with Crippen molar-refractivity contribution in [2.75, 3.05) is 0 Å². The van der Waals surface area contributed by atoms with Gasteiger partial charge in [0.25, 0.3) is 0 Å². The van der Waals surface area contributed by atoms with E-state index in [-0.39, 0.29) is 6.04 Å². The lowest BCUT2D eigenvalue weighted by Gasteiger charge is -2.09. The summed E-state index contributed by atoms with van der Waals surface area (Å²) >= 11 is 0. The van der Waals surface area contributed by atoms with Gasteiger partial charge in [0.1, 0.15) is 0 Å². The minimum atomic E-state index is 0.00792. The van der Waals surface area contributed by atoms with E-state index in [1.165, 1.54) is 0 Å². The van der Waals surface area contributed by atoms with Crippen LogP contribution in [0, 0.1) is 12.3 Å². The molecule has 64 valence electrons. The highest BCUT2D eigenvalue weighted by molar-refractivity contribution is 5.04. The summed E-state index contributed by atoms with van der Waals surface area (Å²) in [5.41, 5.74) is 6.90. The second-order valence-electron chi connectivity index (χ2n) is 2.78. The normalized spacial score (nSPS) is 12.4. The fourth-order valence-corrected chi connectivity index (χ4v) is 1.11.